The monoisotopic (exact) mass is 364 g/mol. The Morgan fingerprint density at radius 1 is 0.923 bits per heavy atom. The van der Waals surface area contributed by atoms with E-state index in [9.17, 15) is 4.79 Å². The zero-order chi connectivity index (χ0) is 18.8. The second-order valence-corrected chi connectivity index (χ2v) is 9.43. The van der Waals surface area contributed by atoms with Crippen molar-refractivity contribution in [3.05, 3.63) is 0 Å². The van der Waals surface area contributed by atoms with Crippen molar-refractivity contribution in [1.29, 1.82) is 0 Å². The molecule has 2 atom stereocenters. The minimum atomic E-state index is -0.0517. The molecule has 3 heteroatoms. The van der Waals surface area contributed by atoms with Crippen LogP contribution in [0.1, 0.15) is 117 Å². The van der Waals surface area contributed by atoms with Crippen molar-refractivity contribution >= 4 is 5.91 Å². The summed E-state index contributed by atoms with van der Waals surface area (Å²) in [7, 11) is 0. The molecule has 1 N–H and O–H groups in total. The first-order chi connectivity index (χ1) is 12.5. The molecular weight excluding hydrogens is 320 g/mol. The van der Waals surface area contributed by atoms with Crippen molar-refractivity contribution in [2.24, 2.45) is 0 Å². The number of nitrogens with zero attached hydrogens (tertiary/aromatic N) is 1. The van der Waals surface area contributed by atoms with Gasteiger partial charge in [-0.1, -0.05) is 77.6 Å². The highest BCUT2D eigenvalue weighted by Crippen LogP contribution is 2.30. The summed E-state index contributed by atoms with van der Waals surface area (Å²) in [5.41, 5.74) is -0.0517. The fourth-order valence-electron chi connectivity index (χ4n) is 4.93. The van der Waals surface area contributed by atoms with Crippen molar-refractivity contribution in [1.82, 2.24) is 10.2 Å². The van der Waals surface area contributed by atoms with Gasteiger partial charge >= 0.3 is 0 Å². The lowest BCUT2D eigenvalue weighted by atomic mass is 9.88. The average Bonchev–Trinajstić information content (AvgIpc) is 2.69. The normalized spacial score (nSPS) is 25.8. The third kappa shape index (κ3) is 7.21. The van der Waals surface area contributed by atoms with Crippen LogP contribution in [0.25, 0.3) is 0 Å². The van der Waals surface area contributed by atoms with Crippen molar-refractivity contribution in [3.63, 3.8) is 0 Å². The summed E-state index contributed by atoms with van der Waals surface area (Å²) in [6.07, 6.45) is 19.2. The number of unbranched alkanes of at least 4 members (excludes halogenated alkanes) is 9. The molecule has 0 unspecified atom stereocenters. The summed E-state index contributed by atoms with van der Waals surface area (Å²) in [4.78, 5) is 15.1. The van der Waals surface area contributed by atoms with E-state index in [1.165, 1.54) is 89.9 Å². The summed E-state index contributed by atoms with van der Waals surface area (Å²) < 4.78 is 0. The van der Waals surface area contributed by atoms with Crippen molar-refractivity contribution < 1.29 is 4.79 Å². The van der Waals surface area contributed by atoms with Gasteiger partial charge in [-0.15, -0.1) is 0 Å². The number of rotatable bonds is 11. The second-order valence-electron chi connectivity index (χ2n) is 9.43. The highest BCUT2D eigenvalue weighted by atomic mass is 16.2. The van der Waals surface area contributed by atoms with Gasteiger partial charge in [0.2, 0.25) is 5.91 Å². The Hall–Kier alpha value is -0.570. The first-order valence-corrected chi connectivity index (χ1v) is 11.6. The molecule has 0 spiro atoms. The highest BCUT2D eigenvalue weighted by molar-refractivity contribution is 5.78. The number of carbonyl (C=O) groups is 1. The van der Waals surface area contributed by atoms with Gasteiger partial charge in [-0.2, -0.15) is 0 Å². The molecular formula is C23H44N2O. The summed E-state index contributed by atoms with van der Waals surface area (Å²) in [5, 5.41) is 3.79. The summed E-state index contributed by atoms with van der Waals surface area (Å²) in [6, 6.07) is 0.949. The molecule has 2 fully saturated rings. The number of hydrogen-bond acceptors (Lipinski definition) is 2. The summed E-state index contributed by atoms with van der Waals surface area (Å²) in [5.74, 6) is 0.382. The van der Waals surface area contributed by atoms with Crippen LogP contribution >= 0.6 is 0 Å². The standard InChI is InChI=1S/C23H44N2O/c1-4-5-6-7-8-9-10-11-12-15-18-25-21-17-14-13-16-20(21)24-23(2,3)19-22(25)26/h20-21,24H,4-19H2,1-3H3/t20-,21+/m0/s1. The molecule has 2 rings (SSSR count). The Morgan fingerprint density at radius 3 is 2.15 bits per heavy atom. The molecule has 1 amide bonds. The van der Waals surface area contributed by atoms with Gasteiger partial charge in [-0.25, -0.2) is 0 Å². The molecule has 3 nitrogen and oxygen atoms in total. The fourth-order valence-corrected chi connectivity index (χ4v) is 4.93. The van der Waals surface area contributed by atoms with E-state index in [4.69, 9.17) is 0 Å². The number of hydrogen-bond donors (Lipinski definition) is 1. The van der Waals surface area contributed by atoms with E-state index in [2.05, 4.69) is 31.0 Å². The maximum Gasteiger partial charge on any atom is 0.224 e. The largest absolute Gasteiger partial charge is 0.338 e. The van der Waals surface area contributed by atoms with Gasteiger partial charge in [0.05, 0.1) is 0 Å². The lowest BCUT2D eigenvalue weighted by Gasteiger charge is -2.39. The van der Waals surface area contributed by atoms with E-state index in [-0.39, 0.29) is 5.54 Å². The molecule has 1 saturated heterocycles. The van der Waals surface area contributed by atoms with E-state index < -0.39 is 0 Å². The molecule has 1 aliphatic carbocycles. The Labute approximate surface area is 162 Å². The fraction of sp³-hybridized carbons (Fsp3) is 0.957. The molecule has 0 radical (unpaired) electrons. The summed E-state index contributed by atoms with van der Waals surface area (Å²) in [6.45, 7) is 7.65. The van der Waals surface area contributed by atoms with E-state index >= 15 is 0 Å². The Bertz CT molecular complexity index is 407. The quantitative estimate of drug-likeness (QED) is 0.469. The molecule has 0 aromatic rings. The van der Waals surface area contributed by atoms with Gasteiger partial charge in [0.1, 0.15) is 0 Å². The molecule has 152 valence electrons. The zero-order valence-electron chi connectivity index (χ0n) is 17.8. The Balaban J connectivity index is 1.67. The molecule has 2 aliphatic rings. The topological polar surface area (TPSA) is 32.3 Å². The molecule has 0 aromatic heterocycles. The van der Waals surface area contributed by atoms with E-state index in [0.717, 1.165) is 6.54 Å². The molecule has 1 heterocycles. The first-order valence-electron chi connectivity index (χ1n) is 11.6. The van der Waals surface area contributed by atoms with E-state index in [0.29, 0.717) is 24.4 Å². The SMILES string of the molecule is CCCCCCCCCCCCN1C(=O)CC(C)(C)N[C@H]2CCCC[C@H]21. The van der Waals surface area contributed by atoms with Crippen LogP contribution in [0, 0.1) is 0 Å². The van der Waals surface area contributed by atoms with Gasteiger partial charge in [-0.3, -0.25) is 4.79 Å². The molecule has 26 heavy (non-hydrogen) atoms. The van der Waals surface area contributed by atoms with Crippen molar-refractivity contribution in [2.45, 2.75) is 135 Å². The average molecular weight is 365 g/mol. The third-order valence-electron chi connectivity index (χ3n) is 6.37. The van der Waals surface area contributed by atoms with Gasteiger partial charge < -0.3 is 10.2 Å². The molecule has 1 saturated carbocycles. The Kier molecular flexibility index (Phi) is 9.45. The van der Waals surface area contributed by atoms with E-state index in [1.807, 2.05) is 0 Å². The van der Waals surface area contributed by atoms with Crippen LogP contribution in [0.15, 0.2) is 0 Å². The lowest BCUT2D eigenvalue weighted by molar-refractivity contribution is -0.134. The van der Waals surface area contributed by atoms with Crippen LogP contribution in [-0.4, -0.2) is 35.0 Å². The number of fused-ring (bicyclic) bond motifs is 1. The van der Waals surface area contributed by atoms with Gasteiger partial charge in [0.15, 0.2) is 0 Å². The van der Waals surface area contributed by atoms with Crippen molar-refractivity contribution in [2.75, 3.05) is 6.54 Å². The zero-order valence-corrected chi connectivity index (χ0v) is 17.8. The molecule has 0 aromatic carbocycles. The maximum atomic E-state index is 12.9. The predicted octanol–water partition coefficient (Wildman–Crippen LogP) is 5.82. The van der Waals surface area contributed by atoms with Crippen LogP contribution < -0.4 is 5.32 Å². The van der Waals surface area contributed by atoms with Crippen LogP contribution in [-0.2, 0) is 4.79 Å². The second kappa shape index (κ2) is 11.3. The minimum absolute atomic E-state index is 0.0517. The third-order valence-corrected chi connectivity index (χ3v) is 6.37. The number of amides is 1. The van der Waals surface area contributed by atoms with Gasteiger partial charge in [0, 0.05) is 30.6 Å². The summed E-state index contributed by atoms with van der Waals surface area (Å²) >= 11 is 0. The lowest BCUT2D eigenvalue weighted by Crippen LogP contribution is -2.53. The number of carbonyl (C=O) groups excluding carboxylic acids is 1. The van der Waals surface area contributed by atoms with Gasteiger partial charge in [0.25, 0.3) is 0 Å². The van der Waals surface area contributed by atoms with Crippen molar-refractivity contribution in [3.8, 4) is 0 Å². The minimum Gasteiger partial charge on any atom is -0.338 e. The smallest absolute Gasteiger partial charge is 0.224 e. The molecule has 1 aliphatic heterocycles. The van der Waals surface area contributed by atoms with Gasteiger partial charge in [-0.05, 0) is 33.1 Å². The van der Waals surface area contributed by atoms with E-state index in [1.54, 1.807) is 0 Å². The Morgan fingerprint density at radius 2 is 1.50 bits per heavy atom. The molecule has 0 bridgehead atoms. The highest BCUT2D eigenvalue weighted by Gasteiger charge is 2.40. The predicted molar refractivity (Wildman–Crippen MR) is 111 cm³/mol. The first kappa shape index (κ1) is 21.7. The van der Waals surface area contributed by atoms with Crippen LogP contribution in [0.5, 0.6) is 0 Å². The number of nitrogens with one attached hydrogen (secondary N) is 1. The maximum absolute atomic E-state index is 12.9. The van der Waals surface area contributed by atoms with Crippen LogP contribution in [0.3, 0.4) is 0 Å². The van der Waals surface area contributed by atoms with Crippen LogP contribution in [0.4, 0.5) is 0 Å². The van der Waals surface area contributed by atoms with Crippen LogP contribution in [0.2, 0.25) is 0 Å².